The Bertz CT molecular complexity index is 2920. The van der Waals surface area contributed by atoms with Gasteiger partial charge in [-0.05, 0) is 99.1 Å². The van der Waals surface area contributed by atoms with Crippen LogP contribution in [0.1, 0.15) is 30.5 Å². The maximum Gasteiger partial charge on any atom is 0.0991 e. The zero-order valence-electron chi connectivity index (χ0n) is 28.9. The van der Waals surface area contributed by atoms with E-state index in [-0.39, 0.29) is 5.41 Å². The lowest BCUT2D eigenvalue weighted by Crippen LogP contribution is -2.14. The first kappa shape index (κ1) is 30.1. The van der Waals surface area contributed by atoms with Crippen molar-refractivity contribution in [3.63, 3.8) is 0 Å². The lowest BCUT2D eigenvalue weighted by molar-refractivity contribution is 0.661. The maximum atomic E-state index is 9.58. The van der Waals surface area contributed by atoms with Crippen molar-refractivity contribution in [3.05, 3.63) is 180 Å². The first-order valence-electron chi connectivity index (χ1n) is 17.8. The Balaban J connectivity index is 1.30. The molecule has 10 rings (SSSR count). The van der Waals surface area contributed by atoms with Crippen molar-refractivity contribution in [2.45, 2.75) is 19.3 Å². The summed E-state index contributed by atoms with van der Waals surface area (Å²) < 4.78 is 2.44. The van der Waals surface area contributed by atoms with E-state index in [0.29, 0.717) is 5.56 Å². The molecule has 0 spiro atoms. The van der Waals surface area contributed by atoms with Crippen LogP contribution in [0, 0.1) is 11.3 Å². The number of fused-ring (bicyclic) bond motifs is 8. The highest BCUT2D eigenvalue weighted by Gasteiger charge is 2.37. The second-order valence-electron chi connectivity index (χ2n) is 14.3. The standard InChI is InChI=1S/C49H33N3/c1-49(2)41-17-9-6-15-38(41)47-42(49)24-25-46-48(47)39-16-8-11-19-45(39)52(46)36-27-34(32-22-20-31(30-50)21-23-32)26-35(28-36)40-29-44(33-12-4-3-5-13-33)51-43-18-10-7-14-37(40)43/h3-29H,1-2H3. The van der Waals surface area contributed by atoms with Crippen molar-refractivity contribution < 1.29 is 0 Å². The van der Waals surface area contributed by atoms with Crippen molar-refractivity contribution in [2.24, 2.45) is 0 Å². The van der Waals surface area contributed by atoms with E-state index >= 15 is 0 Å². The van der Waals surface area contributed by atoms with Crippen molar-refractivity contribution in [1.82, 2.24) is 9.55 Å². The van der Waals surface area contributed by atoms with Crippen LogP contribution in [0.5, 0.6) is 0 Å². The Kier molecular flexibility index (Phi) is 6.59. The Hall–Kier alpha value is -6.76. The average Bonchev–Trinajstić information content (AvgIpc) is 3.66. The lowest BCUT2D eigenvalue weighted by Gasteiger charge is -2.21. The van der Waals surface area contributed by atoms with Gasteiger partial charge >= 0.3 is 0 Å². The smallest absolute Gasteiger partial charge is 0.0991 e. The largest absolute Gasteiger partial charge is 0.309 e. The number of hydrogen-bond donors (Lipinski definition) is 0. The quantitative estimate of drug-likeness (QED) is 0.188. The molecule has 3 heteroatoms. The molecule has 0 aliphatic heterocycles. The molecule has 3 nitrogen and oxygen atoms in total. The first-order chi connectivity index (χ1) is 25.5. The molecule has 52 heavy (non-hydrogen) atoms. The lowest BCUT2D eigenvalue weighted by atomic mass is 9.82. The zero-order valence-corrected chi connectivity index (χ0v) is 28.9. The maximum absolute atomic E-state index is 9.58. The highest BCUT2D eigenvalue weighted by molar-refractivity contribution is 6.18. The summed E-state index contributed by atoms with van der Waals surface area (Å²) in [5.41, 5.74) is 16.7. The predicted octanol–water partition coefficient (Wildman–Crippen LogP) is 12.5. The minimum atomic E-state index is -0.0924. The van der Waals surface area contributed by atoms with Gasteiger partial charge in [0.25, 0.3) is 0 Å². The third-order valence-electron chi connectivity index (χ3n) is 11.0. The summed E-state index contributed by atoms with van der Waals surface area (Å²) in [6.07, 6.45) is 0. The van der Waals surface area contributed by atoms with Gasteiger partial charge in [-0.15, -0.1) is 0 Å². The van der Waals surface area contributed by atoms with Gasteiger partial charge in [0.2, 0.25) is 0 Å². The van der Waals surface area contributed by atoms with Gasteiger partial charge in [0.1, 0.15) is 0 Å². The molecule has 244 valence electrons. The van der Waals surface area contributed by atoms with Crippen LogP contribution in [-0.2, 0) is 5.41 Å². The fourth-order valence-electron chi connectivity index (χ4n) is 8.50. The van der Waals surface area contributed by atoms with E-state index in [1.807, 2.05) is 18.2 Å². The number of para-hydroxylation sites is 2. The van der Waals surface area contributed by atoms with Gasteiger partial charge in [-0.3, -0.25) is 0 Å². The summed E-state index contributed by atoms with van der Waals surface area (Å²) in [5, 5.41) is 13.2. The van der Waals surface area contributed by atoms with E-state index in [0.717, 1.165) is 50.1 Å². The van der Waals surface area contributed by atoms with Gasteiger partial charge in [0, 0.05) is 32.8 Å². The molecule has 2 aromatic heterocycles. The van der Waals surface area contributed by atoms with Crippen LogP contribution in [0.4, 0.5) is 0 Å². The van der Waals surface area contributed by atoms with E-state index in [9.17, 15) is 5.26 Å². The van der Waals surface area contributed by atoms with Crippen LogP contribution in [0.25, 0.3) is 83.0 Å². The highest BCUT2D eigenvalue weighted by atomic mass is 15.0. The molecule has 0 saturated heterocycles. The number of benzene rings is 7. The molecular formula is C49H33N3. The number of pyridine rings is 1. The van der Waals surface area contributed by atoms with Crippen molar-refractivity contribution >= 4 is 32.7 Å². The van der Waals surface area contributed by atoms with Gasteiger partial charge in [-0.25, -0.2) is 4.98 Å². The number of rotatable bonds is 4. The van der Waals surface area contributed by atoms with Crippen molar-refractivity contribution in [1.29, 1.82) is 5.26 Å². The van der Waals surface area contributed by atoms with E-state index in [1.54, 1.807) is 0 Å². The topological polar surface area (TPSA) is 41.6 Å². The third-order valence-corrected chi connectivity index (χ3v) is 11.0. The molecule has 9 aromatic rings. The molecule has 0 amide bonds. The number of aromatic nitrogens is 2. The summed E-state index contributed by atoms with van der Waals surface area (Å²) >= 11 is 0. The summed E-state index contributed by atoms with van der Waals surface area (Å²) in [7, 11) is 0. The molecule has 0 N–H and O–H groups in total. The SMILES string of the molecule is CC1(C)c2ccccc2-c2c1ccc1c2c2ccccc2n1-c1cc(-c2ccc(C#N)cc2)cc(-c2cc(-c3ccccc3)nc3ccccc23)c1. The summed E-state index contributed by atoms with van der Waals surface area (Å²) in [6.45, 7) is 4.69. The van der Waals surface area contributed by atoms with E-state index < -0.39 is 0 Å². The minimum absolute atomic E-state index is 0.0924. The fraction of sp³-hybridized carbons (Fsp3) is 0.0612. The molecule has 0 fully saturated rings. The fourth-order valence-corrected chi connectivity index (χ4v) is 8.50. The summed E-state index contributed by atoms with van der Waals surface area (Å²) in [4.78, 5) is 5.11. The van der Waals surface area contributed by atoms with Crippen LogP contribution in [0.3, 0.4) is 0 Å². The van der Waals surface area contributed by atoms with Crippen molar-refractivity contribution in [3.8, 4) is 56.4 Å². The second-order valence-corrected chi connectivity index (χ2v) is 14.3. The molecular weight excluding hydrogens is 631 g/mol. The van der Waals surface area contributed by atoms with Gasteiger partial charge in [-0.2, -0.15) is 5.26 Å². The molecule has 2 heterocycles. The summed E-state index contributed by atoms with van der Waals surface area (Å²) in [5.74, 6) is 0. The Morgan fingerprint density at radius 3 is 2.08 bits per heavy atom. The monoisotopic (exact) mass is 663 g/mol. The molecule has 0 saturated carbocycles. The molecule has 0 bridgehead atoms. The van der Waals surface area contributed by atoms with Gasteiger partial charge in [0.15, 0.2) is 0 Å². The molecule has 1 aliphatic carbocycles. The van der Waals surface area contributed by atoms with Crippen molar-refractivity contribution in [2.75, 3.05) is 0 Å². The number of nitriles is 1. The Labute approximate surface area is 302 Å². The van der Waals surface area contributed by atoms with Crippen LogP contribution >= 0.6 is 0 Å². The van der Waals surface area contributed by atoms with Gasteiger partial charge in [-0.1, -0.05) is 123 Å². The number of hydrogen-bond acceptors (Lipinski definition) is 2. The third kappa shape index (κ3) is 4.48. The molecule has 0 unspecified atom stereocenters. The number of nitrogens with zero attached hydrogens (tertiary/aromatic N) is 3. The Morgan fingerprint density at radius 2 is 1.25 bits per heavy atom. The molecule has 0 radical (unpaired) electrons. The zero-order chi connectivity index (χ0) is 35.0. The molecule has 7 aromatic carbocycles. The highest BCUT2D eigenvalue weighted by Crippen LogP contribution is 2.53. The normalized spacial score (nSPS) is 12.9. The first-order valence-corrected chi connectivity index (χ1v) is 17.8. The van der Waals surface area contributed by atoms with E-state index in [2.05, 4.69) is 170 Å². The van der Waals surface area contributed by atoms with E-state index in [1.165, 1.54) is 44.1 Å². The molecule has 1 aliphatic rings. The average molecular weight is 664 g/mol. The second kappa shape index (κ2) is 11.4. The van der Waals surface area contributed by atoms with Gasteiger partial charge < -0.3 is 4.57 Å². The predicted molar refractivity (Wildman–Crippen MR) is 215 cm³/mol. The Morgan fingerprint density at radius 1 is 0.538 bits per heavy atom. The van der Waals surface area contributed by atoms with Crippen LogP contribution < -0.4 is 0 Å². The van der Waals surface area contributed by atoms with Crippen LogP contribution in [-0.4, -0.2) is 9.55 Å². The van der Waals surface area contributed by atoms with Crippen LogP contribution in [0.2, 0.25) is 0 Å². The van der Waals surface area contributed by atoms with E-state index in [4.69, 9.17) is 4.98 Å². The van der Waals surface area contributed by atoms with Gasteiger partial charge in [0.05, 0.1) is 33.9 Å². The summed E-state index contributed by atoms with van der Waals surface area (Å²) in [6, 6.07) is 60.6. The minimum Gasteiger partial charge on any atom is -0.309 e. The molecule has 0 atom stereocenters. The van der Waals surface area contributed by atoms with Crippen LogP contribution in [0.15, 0.2) is 164 Å².